The first-order valence-corrected chi connectivity index (χ1v) is 7.56. The van der Waals surface area contributed by atoms with E-state index in [4.69, 9.17) is 0 Å². The molecule has 0 unspecified atom stereocenters. The van der Waals surface area contributed by atoms with E-state index in [2.05, 4.69) is 15.6 Å². The zero-order chi connectivity index (χ0) is 16.8. The second-order valence-corrected chi connectivity index (χ2v) is 5.67. The Hall–Kier alpha value is -2.69. The van der Waals surface area contributed by atoms with Crippen LogP contribution >= 0.6 is 0 Å². The Morgan fingerprint density at radius 2 is 1.83 bits per heavy atom. The third kappa shape index (κ3) is 4.64. The quantitative estimate of drug-likeness (QED) is 0.890. The van der Waals surface area contributed by atoms with Crippen molar-refractivity contribution in [3.8, 4) is 11.1 Å². The largest absolute Gasteiger partial charge is 0.352 e. The molecule has 1 aromatic heterocycles. The monoisotopic (exact) mass is 311 g/mol. The minimum Gasteiger partial charge on any atom is -0.352 e. The molecule has 0 atom stereocenters. The summed E-state index contributed by atoms with van der Waals surface area (Å²) in [5, 5.41) is 5.34. The van der Waals surface area contributed by atoms with Gasteiger partial charge in [-0.25, -0.2) is 0 Å². The van der Waals surface area contributed by atoms with Crippen molar-refractivity contribution in [1.82, 2.24) is 15.6 Å². The summed E-state index contributed by atoms with van der Waals surface area (Å²) in [4.78, 5) is 27.7. The van der Waals surface area contributed by atoms with Crippen LogP contribution in [0.25, 0.3) is 11.1 Å². The number of amides is 2. The average molecular weight is 311 g/mol. The highest BCUT2D eigenvalue weighted by molar-refractivity contribution is 5.96. The van der Waals surface area contributed by atoms with Crippen LogP contribution in [-0.4, -0.2) is 29.4 Å². The molecule has 1 heterocycles. The number of hydrogen-bond donors (Lipinski definition) is 2. The molecule has 2 N–H and O–H groups in total. The zero-order valence-corrected chi connectivity index (χ0v) is 13.6. The van der Waals surface area contributed by atoms with Crippen molar-refractivity contribution in [3.63, 3.8) is 0 Å². The first-order valence-electron chi connectivity index (χ1n) is 7.56. The molecule has 0 radical (unpaired) electrons. The standard InChI is InChI=1S/C18H21N3O2/c1-12(2)21-17(22)11-20-18(23)15-6-4-14(5-7-15)16-8-9-19-10-13(16)3/h4-10,12H,11H2,1-3H3,(H,20,23)(H,21,22). The van der Waals surface area contributed by atoms with E-state index in [0.717, 1.165) is 16.7 Å². The van der Waals surface area contributed by atoms with Crippen LogP contribution in [0, 0.1) is 6.92 Å². The van der Waals surface area contributed by atoms with Gasteiger partial charge in [-0.1, -0.05) is 12.1 Å². The number of carbonyl (C=O) groups excluding carboxylic acids is 2. The Bertz CT molecular complexity index is 694. The molecule has 0 aliphatic rings. The van der Waals surface area contributed by atoms with Gasteiger partial charge < -0.3 is 10.6 Å². The summed E-state index contributed by atoms with van der Waals surface area (Å²) in [6.07, 6.45) is 3.56. The normalized spacial score (nSPS) is 10.4. The molecule has 2 amide bonds. The van der Waals surface area contributed by atoms with E-state index in [9.17, 15) is 9.59 Å². The lowest BCUT2D eigenvalue weighted by Gasteiger charge is -2.10. The minimum atomic E-state index is -0.262. The Morgan fingerprint density at radius 1 is 1.13 bits per heavy atom. The molecular formula is C18H21N3O2. The van der Waals surface area contributed by atoms with E-state index in [1.54, 1.807) is 18.3 Å². The van der Waals surface area contributed by atoms with Gasteiger partial charge in [-0.15, -0.1) is 0 Å². The van der Waals surface area contributed by atoms with E-state index < -0.39 is 0 Å². The van der Waals surface area contributed by atoms with Gasteiger partial charge in [0.1, 0.15) is 0 Å². The molecule has 2 aromatic rings. The molecule has 5 nitrogen and oxygen atoms in total. The fourth-order valence-electron chi connectivity index (χ4n) is 2.23. The first-order chi connectivity index (χ1) is 11.0. The van der Waals surface area contributed by atoms with Crippen molar-refractivity contribution in [2.75, 3.05) is 6.54 Å². The Labute approximate surface area is 136 Å². The molecule has 0 spiro atoms. The molecule has 23 heavy (non-hydrogen) atoms. The molecule has 0 fully saturated rings. The fraction of sp³-hybridized carbons (Fsp3) is 0.278. The molecule has 0 aliphatic carbocycles. The van der Waals surface area contributed by atoms with Gasteiger partial charge in [-0.05, 0) is 55.7 Å². The van der Waals surface area contributed by atoms with Crippen LogP contribution in [0.5, 0.6) is 0 Å². The van der Waals surface area contributed by atoms with Gasteiger partial charge in [0.25, 0.3) is 5.91 Å². The second-order valence-electron chi connectivity index (χ2n) is 5.67. The van der Waals surface area contributed by atoms with Crippen molar-refractivity contribution >= 4 is 11.8 Å². The molecule has 0 aliphatic heterocycles. The van der Waals surface area contributed by atoms with E-state index in [0.29, 0.717) is 5.56 Å². The maximum absolute atomic E-state index is 12.0. The summed E-state index contributed by atoms with van der Waals surface area (Å²) in [7, 11) is 0. The number of aromatic nitrogens is 1. The molecule has 0 bridgehead atoms. The van der Waals surface area contributed by atoms with Crippen LogP contribution in [-0.2, 0) is 4.79 Å². The van der Waals surface area contributed by atoms with E-state index in [1.807, 2.05) is 45.2 Å². The molecule has 0 saturated carbocycles. The number of carbonyl (C=O) groups is 2. The first kappa shape index (κ1) is 16.7. The number of aryl methyl sites for hydroxylation is 1. The summed E-state index contributed by atoms with van der Waals surface area (Å²) in [6.45, 7) is 5.72. The molecule has 2 rings (SSSR count). The number of hydrogen-bond acceptors (Lipinski definition) is 3. The van der Waals surface area contributed by atoms with Gasteiger partial charge in [0, 0.05) is 24.0 Å². The van der Waals surface area contributed by atoms with Gasteiger partial charge in [0.15, 0.2) is 0 Å². The van der Waals surface area contributed by atoms with Crippen molar-refractivity contribution < 1.29 is 9.59 Å². The van der Waals surface area contributed by atoms with Gasteiger partial charge in [0.2, 0.25) is 5.91 Å². The molecule has 0 saturated heterocycles. The van der Waals surface area contributed by atoms with Gasteiger partial charge >= 0.3 is 0 Å². The summed E-state index contributed by atoms with van der Waals surface area (Å²) < 4.78 is 0. The van der Waals surface area contributed by atoms with Crippen LogP contribution in [0.2, 0.25) is 0 Å². The number of nitrogens with one attached hydrogen (secondary N) is 2. The number of pyridine rings is 1. The third-order valence-corrected chi connectivity index (χ3v) is 3.34. The lowest BCUT2D eigenvalue weighted by Crippen LogP contribution is -2.39. The number of nitrogens with zero attached hydrogens (tertiary/aromatic N) is 1. The zero-order valence-electron chi connectivity index (χ0n) is 13.6. The van der Waals surface area contributed by atoms with E-state index in [-0.39, 0.29) is 24.4 Å². The molecular weight excluding hydrogens is 290 g/mol. The number of benzene rings is 1. The molecule has 120 valence electrons. The van der Waals surface area contributed by atoms with E-state index >= 15 is 0 Å². The minimum absolute atomic E-state index is 0.0256. The predicted molar refractivity (Wildman–Crippen MR) is 90.0 cm³/mol. The average Bonchev–Trinajstić information content (AvgIpc) is 2.53. The third-order valence-electron chi connectivity index (χ3n) is 3.34. The summed E-state index contributed by atoms with van der Waals surface area (Å²) in [5.74, 6) is -0.459. The van der Waals surface area contributed by atoms with Crippen LogP contribution < -0.4 is 10.6 Å². The van der Waals surface area contributed by atoms with Crippen LogP contribution in [0.4, 0.5) is 0 Å². The highest BCUT2D eigenvalue weighted by atomic mass is 16.2. The van der Waals surface area contributed by atoms with Crippen LogP contribution in [0.3, 0.4) is 0 Å². The van der Waals surface area contributed by atoms with Crippen molar-refractivity contribution in [1.29, 1.82) is 0 Å². The van der Waals surface area contributed by atoms with Crippen molar-refractivity contribution in [2.45, 2.75) is 26.8 Å². The van der Waals surface area contributed by atoms with Gasteiger partial charge in [-0.3, -0.25) is 14.6 Å². The Morgan fingerprint density at radius 3 is 2.43 bits per heavy atom. The Balaban J connectivity index is 2.01. The SMILES string of the molecule is Cc1cnccc1-c1ccc(C(=O)NCC(=O)NC(C)C)cc1. The van der Waals surface area contributed by atoms with E-state index in [1.165, 1.54) is 0 Å². The van der Waals surface area contributed by atoms with Crippen LogP contribution in [0.1, 0.15) is 29.8 Å². The fourth-order valence-corrected chi connectivity index (χ4v) is 2.23. The van der Waals surface area contributed by atoms with Crippen molar-refractivity contribution in [2.24, 2.45) is 0 Å². The number of rotatable bonds is 5. The summed E-state index contributed by atoms with van der Waals surface area (Å²) in [6, 6.07) is 9.30. The van der Waals surface area contributed by atoms with Gasteiger partial charge in [-0.2, -0.15) is 0 Å². The maximum Gasteiger partial charge on any atom is 0.251 e. The second kappa shape index (κ2) is 7.54. The molecule has 5 heteroatoms. The smallest absolute Gasteiger partial charge is 0.251 e. The lowest BCUT2D eigenvalue weighted by atomic mass is 10.0. The predicted octanol–water partition coefficient (Wildman–Crippen LogP) is 2.31. The summed E-state index contributed by atoms with van der Waals surface area (Å²) >= 11 is 0. The topological polar surface area (TPSA) is 71.1 Å². The maximum atomic E-state index is 12.0. The van der Waals surface area contributed by atoms with Gasteiger partial charge in [0.05, 0.1) is 6.54 Å². The summed E-state index contributed by atoms with van der Waals surface area (Å²) in [5.41, 5.74) is 3.72. The lowest BCUT2D eigenvalue weighted by molar-refractivity contribution is -0.120. The van der Waals surface area contributed by atoms with Crippen molar-refractivity contribution in [3.05, 3.63) is 53.9 Å². The Kier molecular flexibility index (Phi) is 5.46. The molecule has 1 aromatic carbocycles. The van der Waals surface area contributed by atoms with Crippen LogP contribution in [0.15, 0.2) is 42.7 Å². The highest BCUT2D eigenvalue weighted by Crippen LogP contribution is 2.22. The highest BCUT2D eigenvalue weighted by Gasteiger charge is 2.09.